The Labute approximate surface area is 223 Å². The maximum absolute atomic E-state index is 13.8. The molecular weight excluding hydrogens is 476 g/mol. The fourth-order valence-electron chi connectivity index (χ4n) is 9.65. The highest BCUT2D eigenvalue weighted by Gasteiger charge is 2.56. The van der Waals surface area contributed by atoms with Crippen molar-refractivity contribution in [2.24, 2.45) is 29.6 Å². The van der Waals surface area contributed by atoms with Gasteiger partial charge in [-0.2, -0.15) is 0 Å². The van der Waals surface area contributed by atoms with Crippen LogP contribution in [-0.4, -0.2) is 51.1 Å². The summed E-state index contributed by atoms with van der Waals surface area (Å²) in [6, 6.07) is 8.34. The highest BCUT2D eigenvalue weighted by atomic mass is 16.3. The van der Waals surface area contributed by atoms with Gasteiger partial charge in [0, 0.05) is 29.6 Å². The van der Waals surface area contributed by atoms with E-state index in [1.165, 1.54) is 30.5 Å². The Bertz CT molecular complexity index is 1360. The number of fused-ring (bicyclic) bond motifs is 4. The van der Waals surface area contributed by atoms with Gasteiger partial charge >= 0.3 is 0 Å². The normalized spacial score (nSPS) is 37.3. The average molecular weight is 515 g/mol. The van der Waals surface area contributed by atoms with Gasteiger partial charge in [0.1, 0.15) is 5.75 Å². The molecule has 6 nitrogen and oxygen atoms in total. The molecule has 200 valence electrons. The third kappa shape index (κ3) is 3.45. The summed E-state index contributed by atoms with van der Waals surface area (Å²) in [6.45, 7) is 2.25. The third-order valence-corrected chi connectivity index (χ3v) is 11.5. The first-order chi connectivity index (χ1) is 18.4. The van der Waals surface area contributed by atoms with Crippen molar-refractivity contribution in [3.8, 4) is 5.75 Å². The van der Waals surface area contributed by atoms with Crippen molar-refractivity contribution in [3.05, 3.63) is 62.6 Å². The largest absolute Gasteiger partial charge is 0.508 e. The van der Waals surface area contributed by atoms with E-state index in [-0.39, 0.29) is 40.6 Å². The molecule has 1 unspecified atom stereocenters. The number of pyridine rings is 1. The molecule has 3 saturated carbocycles. The number of aromatic nitrogens is 1. The lowest BCUT2D eigenvalue weighted by molar-refractivity contribution is 0.00457. The lowest BCUT2D eigenvalue weighted by Gasteiger charge is -2.59. The number of phenols is 1. The van der Waals surface area contributed by atoms with Gasteiger partial charge in [-0.25, -0.2) is 0 Å². The predicted molar refractivity (Wildman–Crippen MR) is 143 cm³/mol. The second-order valence-corrected chi connectivity index (χ2v) is 13.6. The quantitative estimate of drug-likeness (QED) is 0.541. The number of nitrogens with zero attached hydrogens (tertiary/aromatic N) is 1. The summed E-state index contributed by atoms with van der Waals surface area (Å²) in [5.74, 6) is 1.86. The van der Waals surface area contributed by atoms with E-state index in [0.29, 0.717) is 36.1 Å². The number of carbonyl (C=O) groups is 1. The Kier molecular flexibility index (Phi) is 5.11. The molecule has 38 heavy (non-hydrogen) atoms. The lowest BCUT2D eigenvalue weighted by atomic mass is 9.52. The zero-order chi connectivity index (χ0) is 25.8. The van der Waals surface area contributed by atoms with Gasteiger partial charge in [-0.05, 0) is 129 Å². The van der Waals surface area contributed by atoms with E-state index >= 15 is 0 Å². The molecule has 4 fully saturated rings. The van der Waals surface area contributed by atoms with Gasteiger partial charge in [0.2, 0.25) is 0 Å². The number of aromatic hydroxyl groups is 1. The number of piperidine rings is 1. The minimum Gasteiger partial charge on any atom is -0.508 e. The fourth-order valence-corrected chi connectivity index (χ4v) is 9.65. The van der Waals surface area contributed by atoms with Crippen LogP contribution in [0.2, 0.25) is 0 Å². The molecule has 2 aromatic rings. The van der Waals surface area contributed by atoms with E-state index in [0.717, 1.165) is 62.2 Å². The summed E-state index contributed by atoms with van der Waals surface area (Å²) in [6.07, 6.45) is 9.40. The number of ketones is 1. The number of benzene rings is 1. The first kappa shape index (κ1) is 23.4. The molecule has 1 aromatic carbocycles. The summed E-state index contributed by atoms with van der Waals surface area (Å²) in [4.78, 5) is 33.1. The van der Waals surface area contributed by atoms with Crippen LogP contribution in [0.25, 0.3) is 0 Å². The number of Topliss-reactive ketones (excluding diaryl/α,β-unsaturated/α-hetero) is 1. The Morgan fingerprint density at radius 3 is 2.61 bits per heavy atom. The average Bonchev–Trinajstić information content (AvgIpc) is 3.67. The van der Waals surface area contributed by atoms with Crippen LogP contribution in [0.1, 0.15) is 77.7 Å². The van der Waals surface area contributed by atoms with Crippen molar-refractivity contribution in [1.82, 2.24) is 9.88 Å². The van der Waals surface area contributed by atoms with E-state index in [4.69, 9.17) is 0 Å². The molecule has 1 saturated heterocycles. The number of likely N-dealkylation sites (tertiary alicyclic amines) is 1. The van der Waals surface area contributed by atoms with E-state index in [2.05, 4.69) is 16.0 Å². The van der Waals surface area contributed by atoms with Crippen LogP contribution >= 0.6 is 0 Å². The van der Waals surface area contributed by atoms with E-state index in [1.54, 1.807) is 0 Å². The first-order valence-electron chi connectivity index (χ1n) is 14.9. The third-order valence-electron chi connectivity index (χ3n) is 11.5. The van der Waals surface area contributed by atoms with Gasteiger partial charge in [-0.3, -0.25) is 14.5 Å². The van der Waals surface area contributed by atoms with Crippen molar-refractivity contribution < 1.29 is 15.0 Å². The lowest BCUT2D eigenvalue weighted by Crippen LogP contribution is -2.63. The van der Waals surface area contributed by atoms with Gasteiger partial charge in [0.25, 0.3) is 5.56 Å². The predicted octanol–water partition coefficient (Wildman–Crippen LogP) is 3.75. The highest BCUT2D eigenvalue weighted by Crippen LogP contribution is 2.55. The van der Waals surface area contributed by atoms with Crippen molar-refractivity contribution >= 4 is 5.78 Å². The Hall–Kier alpha value is -2.44. The Morgan fingerprint density at radius 1 is 1.05 bits per heavy atom. The van der Waals surface area contributed by atoms with Crippen molar-refractivity contribution in [2.45, 2.75) is 81.8 Å². The molecule has 3 N–H and O–H groups in total. The second kappa shape index (κ2) is 8.28. The van der Waals surface area contributed by atoms with Gasteiger partial charge in [-0.15, -0.1) is 0 Å². The number of H-pyrrole nitrogens is 1. The van der Waals surface area contributed by atoms with E-state index in [1.807, 2.05) is 18.2 Å². The van der Waals surface area contributed by atoms with Crippen LogP contribution < -0.4 is 5.56 Å². The number of nitrogens with one attached hydrogen (secondary N) is 1. The summed E-state index contributed by atoms with van der Waals surface area (Å²) >= 11 is 0. The molecule has 5 aliphatic carbocycles. The number of hydrogen-bond donors (Lipinski definition) is 3. The van der Waals surface area contributed by atoms with Crippen LogP contribution in [0, 0.1) is 29.6 Å². The van der Waals surface area contributed by atoms with Crippen molar-refractivity contribution in [2.75, 3.05) is 13.1 Å². The molecule has 6 aliphatic rings. The first-order valence-corrected chi connectivity index (χ1v) is 14.9. The molecule has 2 heterocycles. The van der Waals surface area contributed by atoms with Crippen LogP contribution in [0.5, 0.6) is 5.75 Å². The monoisotopic (exact) mass is 514 g/mol. The fraction of sp³-hybridized carbons (Fsp3) is 0.625. The number of carbonyl (C=O) groups excluding carboxylic acids is 1. The van der Waals surface area contributed by atoms with Crippen molar-refractivity contribution in [3.63, 3.8) is 0 Å². The van der Waals surface area contributed by atoms with Gasteiger partial charge in [0.15, 0.2) is 5.78 Å². The Morgan fingerprint density at radius 2 is 1.84 bits per heavy atom. The SMILES string of the molecule is O=C(c1cc2c([nH]c1=O)C[C@]13CCN(CC4CC4)[C@H](Cc4ccc(O)cc41)[C@@H]3C2)C1[C@@H]2CC[C@H]1C[C@@H](O)C2. The topological polar surface area (TPSA) is 93.6 Å². The summed E-state index contributed by atoms with van der Waals surface area (Å²) in [7, 11) is 0. The van der Waals surface area contributed by atoms with Crippen molar-refractivity contribution in [1.29, 1.82) is 0 Å². The number of aliphatic hydroxyl groups is 1. The van der Waals surface area contributed by atoms with E-state index < -0.39 is 0 Å². The molecule has 7 atom stereocenters. The molecule has 6 heteroatoms. The molecule has 8 rings (SSSR count). The van der Waals surface area contributed by atoms with Gasteiger partial charge in [0.05, 0.1) is 11.7 Å². The van der Waals surface area contributed by atoms with Crippen LogP contribution in [0.3, 0.4) is 0 Å². The standard InChI is InChI=1S/C32H38N2O4/c35-22-6-5-18-13-28-26-12-21-11-24(30(37)29-19-3-4-20(29)10-23(36)9-19)31(38)33-27(21)15-32(26,25(18)14-22)7-8-34(28)16-17-1-2-17/h5-6,11,14,17,19-20,23,26,28-29,35-36H,1-4,7-10,12-13,15-16H2,(H,33,38)/t19-,20+,23+,26-,28+,29?,32+/m0/s1. The number of phenolic OH excluding ortho intramolecular Hbond substituents is 1. The van der Waals surface area contributed by atoms with Crippen LogP contribution in [-0.2, 0) is 24.7 Å². The van der Waals surface area contributed by atoms with Gasteiger partial charge < -0.3 is 15.2 Å². The smallest absolute Gasteiger partial charge is 0.259 e. The molecule has 1 aromatic heterocycles. The summed E-state index contributed by atoms with van der Waals surface area (Å²) in [5, 5.41) is 20.7. The summed E-state index contributed by atoms with van der Waals surface area (Å²) in [5.41, 5.74) is 4.74. The zero-order valence-corrected chi connectivity index (χ0v) is 22.0. The maximum atomic E-state index is 13.8. The second-order valence-electron chi connectivity index (χ2n) is 13.6. The maximum Gasteiger partial charge on any atom is 0.259 e. The van der Waals surface area contributed by atoms with Gasteiger partial charge in [-0.1, -0.05) is 6.07 Å². The number of aromatic amines is 1. The van der Waals surface area contributed by atoms with Crippen LogP contribution in [0.4, 0.5) is 0 Å². The van der Waals surface area contributed by atoms with Crippen LogP contribution in [0.15, 0.2) is 29.1 Å². The number of rotatable bonds is 4. The molecule has 0 amide bonds. The minimum atomic E-state index is -0.304. The molecular formula is C32H38N2O4. The number of hydrogen-bond acceptors (Lipinski definition) is 5. The molecule has 1 aliphatic heterocycles. The summed E-state index contributed by atoms with van der Waals surface area (Å²) < 4.78 is 0. The molecule has 4 bridgehead atoms. The van der Waals surface area contributed by atoms with E-state index in [9.17, 15) is 19.8 Å². The Balaban J connectivity index is 1.18. The minimum absolute atomic E-state index is 0.00297. The molecule has 0 spiro atoms. The molecule has 0 radical (unpaired) electrons. The number of aliphatic hydroxyl groups excluding tert-OH is 1. The zero-order valence-electron chi connectivity index (χ0n) is 22.0. The highest BCUT2D eigenvalue weighted by molar-refractivity contribution is 5.98.